The van der Waals surface area contributed by atoms with Gasteiger partial charge >= 0.3 is 0 Å². The minimum atomic E-state index is -0.171. The van der Waals surface area contributed by atoms with Crippen molar-refractivity contribution in [1.82, 2.24) is 34.3 Å². The standard InChI is InChI=1S/C23H24N8/c1-3-23-11-7-8-13-30(23)20-18(31-16(2)27-28-21(23)31)15-25-22(26-20)29-14-12-24-19(29)17-9-5-4-6-10-17/h4-6,9-10,12,14-15H,3,7-8,11,13H2,1-2H3/t23-/m0/s1. The number of rotatable bonds is 3. The van der Waals surface area contributed by atoms with E-state index in [1.807, 2.05) is 42.1 Å². The molecule has 0 aliphatic carbocycles. The van der Waals surface area contributed by atoms with Gasteiger partial charge < -0.3 is 4.90 Å². The smallest absolute Gasteiger partial charge is 0.237 e. The van der Waals surface area contributed by atoms with Crippen LogP contribution in [0.3, 0.4) is 0 Å². The number of imidazole rings is 1. The molecule has 6 rings (SSSR count). The summed E-state index contributed by atoms with van der Waals surface area (Å²) < 4.78 is 4.11. The molecule has 31 heavy (non-hydrogen) atoms. The fraction of sp³-hybridized carbons (Fsp3) is 0.348. The van der Waals surface area contributed by atoms with E-state index in [0.717, 1.165) is 60.3 Å². The Balaban J connectivity index is 1.55. The molecule has 1 fully saturated rings. The molecule has 0 spiro atoms. The van der Waals surface area contributed by atoms with Crippen molar-refractivity contribution in [2.24, 2.45) is 0 Å². The summed E-state index contributed by atoms with van der Waals surface area (Å²) in [5.41, 5.74) is 1.82. The van der Waals surface area contributed by atoms with Gasteiger partial charge in [-0.2, -0.15) is 4.98 Å². The minimum Gasteiger partial charge on any atom is -0.342 e. The molecular weight excluding hydrogens is 388 g/mol. The van der Waals surface area contributed by atoms with Gasteiger partial charge in [-0.3, -0.25) is 9.13 Å². The number of aromatic nitrogens is 7. The molecule has 8 heteroatoms. The molecule has 1 aromatic carbocycles. The lowest BCUT2D eigenvalue weighted by molar-refractivity contribution is 0.274. The Morgan fingerprint density at radius 1 is 1.06 bits per heavy atom. The van der Waals surface area contributed by atoms with Gasteiger partial charge in [0, 0.05) is 24.5 Å². The average molecular weight is 413 g/mol. The highest BCUT2D eigenvalue weighted by Crippen LogP contribution is 2.48. The summed E-state index contributed by atoms with van der Waals surface area (Å²) in [6, 6.07) is 10.1. The van der Waals surface area contributed by atoms with E-state index in [1.54, 1.807) is 6.20 Å². The Hall–Kier alpha value is -3.55. The molecule has 0 bridgehead atoms. The largest absolute Gasteiger partial charge is 0.342 e. The number of anilines is 1. The van der Waals surface area contributed by atoms with Gasteiger partial charge in [-0.15, -0.1) is 10.2 Å². The van der Waals surface area contributed by atoms with Crippen molar-refractivity contribution < 1.29 is 0 Å². The molecule has 2 aliphatic rings. The number of fused-ring (bicyclic) bond motifs is 6. The maximum atomic E-state index is 5.10. The van der Waals surface area contributed by atoms with Gasteiger partial charge in [-0.05, 0) is 32.6 Å². The van der Waals surface area contributed by atoms with E-state index >= 15 is 0 Å². The van der Waals surface area contributed by atoms with Crippen LogP contribution in [0.4, 0.5) is 5.82 Å². The highest BCUT2D eigenvalue weighted by molar-refractivity contribution is 5.65. The lowest BCUT2D eigenvalue weighted by atomic mass is 9.82. The first-order chi connectivity index (χ1) is 15.2. The molecule has 4 aromatic rings. The van der Waals surface area contributed by atoms with Crippen LogP contribution in [0.5, 0.6) is 0 Å². The topological polar surface area (TPSA) is 77.5 Å². The minimum absolute atomic E-state index is 0.171. The van der Waals surface area contributed by atoms with Gasteiger partial charge in [0.2, 0.25) is 5.95 Å². The maximum absolute atomic E-state index is 5.10. The second-order valence-electron chi connectivity index (χ2n) is 8.27. The van der Waals surface area contributed by atoms with Crippen molar-refractivity contribution in [3.8, 4) is 23.0 Å². The predicted molar refractivity (Wildman–Crippen MR) is 117 cm³/mol. The van der Waals surface area contributed by atoms with E-state index < -0.39 is 0 Å². The molecule has 5 heterocycles. The zero-order valence-electron chi connectivity index (χ0n) is 17.7. The first-order valence-electron chi connectivity index (χ1n) is 10.9. The van der Waals surface area contributed by atoms with Crippen molar-refractivity contribution >= 4 is 5.82 Å². The van der Waals surface area contributed by atoms with Crippen molar-refractivity contribution in [1.29, 1.82) is 0 Å². The van der Waals surface area contributed by atoms with Gasteiger partial charge in [-0.1, -0.05) is 37.3 Å². The highest BCUT2D eigenvalue weighted by Gasteiger charge is 2.48. The summed E-state index contributed by atoms with van der Waals surface area (Å²) in [6.07, 6.45) is 9.97. The molecule has 8 nitrogen and oxygen atoms in total. The van der Waals surface area contributed by atoms with Gasteiger partial charge in [0.05, 0.1) is 6.20 Å². The molecule has 1 atom stereocenters. The van der Waals surface area contributed by atoms with Crippen LogP contribution in [-0.4, -0.2) is 40.8 Å². The van der Waals surface area contributed by atoms with Crippen molar-refractivity contribution in [2.75, 3.05) is 11.4 Å². The van der Waals surface area contributed by atoms with Crippen LogP contribution < -0.4 is 4.90 Å². The first kappa shape index (κ1) is 18.2. The van der Waals surface area contributed by atoms with Crippen molar-refractivity contribution in [2.45, 2.75) is 45.1 Å². The zero-order chi connectivity index (χ0) is 21.0. The third-order valence-corrected chi connectivity index (χ3v) is 6.69. The third kappa shape index (κ3) is 2.50. The SMILES string of the molecule is CC[C@@]12CCCCN1c1nc(-n3ccnc3-c3ccccc3)ncc1-n1c(C)nnc12. The molecule has 0 radical (unpaired) electrons. The summed E-state index contributed by atoms with van der Waals surface area (Å²) in [6.45, 7) is 5.20. The fourth-order valence-corrected chi connectivity index (χ4v) is 5.15. The quantitative estimate of drug-likeness (QED) is 0.509. The van der Waals surface area contributed by atoms with E-state index in [1.165, 1.54) is 6.42 Å². The van der Waals surface area contributed by atoms with E-state index in [-0.39, 0.29) is 5.54 Å². The molecule has 0 amide bonds. The van der Waals surface area contributed by atoms with E-state index in [0.29, 0.717) is 5.95 Å². The van der Waals surface area contributed by atoms with Crippen LogP contribution in [0.25, 0.3) is 23.0 Å². The van der Waals surface area contributed by atoms with E-state index in [9.17, 15) is 0 Å². The molecule has 2 aliphatic heterocycles. The van der Waals surface area contributed by atoms with Crippen LogP contribution >= 0.6 is 0 Å². The Labute approximate surface area is 180 Å². The summed E-state index contributed by atoms with van der Waals surface area (Å²) in [4.78, 5) is 16.9. The monoisotopic (exact) mass is 412 g/mol. The molecule has 3 aromatic heterocycles. The second kappa shape index (κ2) is 6.73. The molecule has 0 unspecified atom stereocenters. The summed E-state index contributed by atoms with van der Waals surface area (Å²) >= 11 is 0. The summed E-state index contributed by atoms with van der Waals surface area (Å²) in [7, 11) is 0. The summed E-state index contributed by atoms with van der Waals surface area (Å²) in [5.74, 6) is 4.30. The third-order valence-electron chi connectivity index (χ3n) is 6.69. The molecule has 156 valence electrons. The van der Waals surface area contributed by atoms with Gasteiger partial charge in [0.1, 0.15) is 22.9 Å². The normalized spacial score (nSPS) is 19.6. The molecule has 1 saturated heterocycles. The Morgan fingerprint density at radius 2 is 1.94 bits per heavy atom. The van der Waals surface area contributed by atoms with Crippen LogP contribution in [0.1, 0.15) is 44.3 Å². The predicted octanol–water partition coefficient (Wildman–Crippen LogP) is 3.83. The van der Waals surface area contributed by atoms with Gasteiger partial charge in [-0.25, -0.2) is 9.97 Å². The lowest BCUT2D eigenvalue weighted by Crippen LogP contribution is -2.54. The van der Waals surface area contributed by atoms with Crippen molar-refractivity contribution in [3.63, 3.8) is 0 Å². The molecular formula is C23H24N8. The first-order valence-corrected chi connectivity index (χ1v) is 10.9. The number of piperidine rings is 1. The number of hydrogen-bond donors (Lipinski definition) is 0. The summed E-state index contributed by atoms with van der Waals surface area (Å²) in [5, 5.41) is 9.03. The lowest BCUT2D eigenvalue weighted by Gasteiger charge is -2.49. The number of hydrogen-bond acceptors (Lipinski definition) is 6. The second-order valence-corrected chi connectivity index (χ2v) is 8.27. The van der Waals surface area contributed by atoms with Crippen LogP contribution in [-0.2, 0) is 5.54 Å². The maximum Gasteiger partial charge on any atom is 0.237 e. The van der Waals surface area contributed by atoms with E-state index in [4.69, 9.17) is 9.97 Å². The average Bonchev–Trinajstić information content (AvgIpc) is 3.47. The van der Waals surface area contributed by atoms with Crippen LogP contribution in [0.2, 0.25) is 0 Å². The van der Waals surface area contributed by atoms with Crippen LogP contribution in [0.15, 0.2) is 48.9 Å². The number of nitrogens with zero attached hydrogens (tertiary/aromatic N) is 8. The van der Waals surface area contributed by atoms with E-state index in [2.05, 4.69) is 43.7 Å². The zero-order valence-corrected chi connectivity index (χ0v) is 17.7. The molecule has 0 N–H and O–H groups in total. The number of aryl methyl sites for hydroxylation is 1. The Bertz CT molecular complexity index is 1260. The Morgan fingerprint density at radius 3 is 2.77 bits per heavy atom. The van der Waals surface area contributed by atoms with Gasteiger partial charge in [0.25, 0.3) is 0 Å². The highest BCUT2D eigenvalue weighted by atomic mass is 15.4. The van der Waals surface area contributed by atoms with Gasteiger partial charge in [0.15, 0.2) is 11.6 Å². The fourth-order valence-electron chi connectivity index (χ4n) is 5.15. The van der Waals surface area contributed by atoms with Crippen molar-refractivity contribution in [3.05, 3.63) is 60.6 Å². The van der Waals surface area contributed by atoms with Crippen LogP contribution in [0, 0.1) is 6.92 Å². The molecule has 0 saturated carbocycles. The Kier molecular flexibility index (Phi) is 3.96. The number of benzene rings is 1.